The maximum absolute atomic E-state index is 6.25. The van der Waals surface area contributed by atoms with Gasteiger partial charge in [-0.25, -0.2) is 0 Å². The van der Waals surface area contributed by atoms with E-state index in [1.165, 1.54) is 0 Å². The van der Waals surface area contributed by atoms with Gasteiger partial charge >= 0.3 is 0 Å². The van der Waals surface area contributed by atoms with Gasteiger partial charge in [-0.15, -0.1) is 0 Å². The highest BCUT2D eigenvalue weighted by atomic mass is 16.5. The van der Waals surface area contributed by atoms with Gasteiger partial charge in [-0.3, -0.25) is 4.90 Å². The lowest BCUT2D eigenvalue weighted by atomic mass is 10.0. The fourth-order valence-electron chi connectivity index (χ4n) is 2.16. The SMILES string of the molecule is CCOCCN(CC)C(c1ccco1)C(N)CC. The largest absolute Gasteiger partial charge is 0.468 e. The molecule has 0 bridgehead atoms. The van der Waals surface area contributed by atoms with Gasteiger partial charge in [-0.2, -0.15) is 0 Å². The van der Waals surface area contributed by atoms with Gasteiger partial charge in [0.15, 0.2) is 0 Å². The summed E-state index contributed by atoms with van der Waals surface area (Å²) in [5, 5.41) is 0. The molecule has 0 fully saturated rings. The molecule has 0 spiro atoms. The van der Waals surface area contributed by atoms with Crippen LogP contribution in [0.25, 0.3) is 0 Å². The molecule has 1 rings (SSSR count). The van der Waals surface area contributed by atoms with Gasteiger partial charge in [0.1, 0.15) is 5.76 Å². The molecule has 0 saturated carbocycles. The monoisotopic (exact) mass is 254 g/mol. The van der Waals surface area contributed by atoms with Gasteiger partial charge in [0.25, 0.3) is 0 Å². The molecular weight excluding hydrogens is 228 g/mol. The fourth-order valence-corrected chi connectivity index (χ4v) is 2.16. The van der Waals surface area contributed by atoms with Crippen molar-refractivity contribution in [3.05, 3.63) is 24.2 Å². The molecule has 18 heavy (non-hydrogen) atoms. The Morgan fingerprint density at radius 3 is 2.67 bits per heavy atom. The maximum Gasteiger partial charge on any atom is 0.122 e. The zero-order valence-electron chi connectivity index (χ0n) is 11.8. The van der Waals surface area contributed by atoms with E-state index in [0.29, 0.717) is 0 Å². The van der Waals surface area contributed by atoms with Crippen LogP contribution in [0.4, 0.5) is 0 Å². The number of ether oxygens (including phenoxy) is 1. The van der Waals surface area contributed by atoms with Crippen molar-refractivity contribution in [1.82, 2.24) is 4.90 Å². The lowest BCUT2D eigenvalue weighted by Gasteiger charge is -2.33. The second-order valence-corrected chi connectivity index (χ2v) is 4.36. The van der Waals surface area contributed by atoms with Crippen LogP contribution in [0.15, 0.2) is 22.8 Å². The molecule has 0 aromatic carbocycles. The number of furan rings is 1. The normalized spacial score (nSPS) is 14.9. The highest BCUT2D eigenvalue weighted by Crippen LogP contribution is 2.25. The van der Waals surface area contributed by atoms with E-state index >= 15 is 0 Å². The highest BCUT2D eigenvalue weighted by molar-refractivity contribution is 5.07. The van der Waals surface area contributed by atoms with Crippen LogP contribution in [0.5, 0.6) is 0 Å². The number of likely N-dealkylation sites (N-methyl/N-ethyl adjacent to an activating group) is 1. The standard InChI is InChI=1S/C14H26N2O2/c1-4-12(15)14(13-8-7-10-18-13)16(5-2)9-11-17-6-3/h7-8,10,12,14H,4-6,9,11,15H2,1-3H3. The van der Waals surface area contributed by atoms with E-state index in [1.807, 2.05) is 19.1 Å². The lowest BCUT2D eigenvalue weighted by Crippen LogP contribution is -2.42. The maximum atomic E-state index is 6.25. The molecule has 0 amide bonds. The molecule has 0 aliphatic heterocycles. The minimum Gasteiger partial charge on any atom is -0.468 e. The molecule has 104 valence electrons. The fraction of sp³-hybridized carbons (Fsp3) is 0.714. The van der Waals surface area contributed by atoms with E-state index in [4.69, 9.17) is 14.9 Å². The molecule has 2 unspecified atom stereocenters. The van der Waals surface area contributed by atoms with Crippen LogP contribution in [-0.4, -0.2) is 37.2 Å². The van der Waals surface area contributed by atoms with Crippen molar-refractivity contribution < 1.29 is 9.15 Å². The number of nitrogens with zero attached hydrogens (tertiary/aromatic N) is 1. The first-order valence-electron chi connectivity index (χ1n) is 6.85. The van der Waals surface area contributed by atoms with Gasteiger partial charge in [0, 0.05) is 19.2 Å². The van der Waals surface area contributed by atoms with Crippen molar-refractivity contribution in [2.75, 3.05) is 26.3 Å². The van der Waals surface area contributed by atoms with Gasteiger partial charge in [0.05, 0.1) is 18.9 Å². The number of nitrogens with two attached hydrogens (primary N) is 1. The topological polar surface area (TPSA) is 51.6 Å². The minimum absolute atomic E-state index is 0.0812. The van der Waals surface area contributed by atoms with Crippen LogP contribution in [-0.2, 0) is 4.74 Å². The van der Waals surface area contributed by atoms with E-state index in [2.05, 4.69) is 18.7 Å². The summed E-state index contributed by atoms with van der Waals surface area (Å²) in [5.74, 6) is 0.947. The third kappa shape index (κ3) is 4.12. The molecule has 1 heterocycles. The molecule has 0 radical (unpaired) electrons. The summed E-state index contributed by atoms with van der Waals surface area (Å²) in [6.45, 7) is 9.57. The lowest BCUT2D eigenvalue weighted by molar-refractivity contribution is 0.0819. The molecule has 2 atom stereocenters. The first-order chi connectivity index (χ1) is 8.74. The molecule has 2 N–H and O–H groups in total. The Balaban J connectivity index is 2.73. The predicted molar refractivity (Wildman–Crippen MR) is 73.5 cm³/mol. The van der Waals surface area contributed by atoms with E-state index in [0.717, 1.165) is 38.5 Å². The molecule has 0 aliphatic rings. The zero-order valence-corrected chi connectivity index (χ0v) is 11.8. The van der Waals surface area contributed by atoms with Crippen LogP contribution in [0.3, 0.4) is 0 Å². The first-order valence-corrected chi connectivity index (χ1v) is 6.85. The van der Waals surface area contributed by atoms with Gasteiger partial charge in [-0.05, 0) is 32.0 Å². The highest BCUT2D eigenvalue weighted by Gasteiger charge is 2.26. The van der Waals surface area contributed by atoms with Gasteiger partial charge < -0.3 is 14.9 Å². The van der Waals surface area contributed by atoms with Crippen molar-refractivity contribution in [2.45, 2.75) is 39.3 Å². The minimum atomic E-state index is 0.0812. The average molecular weight is 254 g/mol. The van der Waals surface area contributed by atoms with Crippen molar-refractivity contribution in [3.8, 4) is 0 Å². The van der Waals surface area contributed by atoms with Gasteiger partial charge in [0.2, 0.25) is 0 Å². The van der Waals surface area contributed by atoms with Crippen molar-refractivity contribution >= 4 is 0 Å². The van der Waals surface area contributed by atoms with E-state index in [9.17, 15) is 0 Å². The van der Waals surface area contributed by atoms with Crippen LogP contribution >= 0.6 is 0 Å². The zero-order chi connectivity index (χ0) is 13.4. The molecular formula is C14H26N2O2. The van der Waals surface area contributed by atoms with Crippen molar-refractivity contribution in [2.24, 2.45) is 5.73 Å². The second-order valence-electron chi connectivity index (χ2n) is 4.36. The molecule has 1 aromatic rings. The van der Waals surface area contributed by atoms with Crippen LogP contribution in [0.2, 0.25) is 0 Å². The van der Waals surface area contributed by atoms with E-state index < -0.39 is 0 Å². The van der Waals surface area contributed by atoms with Crippen LogP contribution < -0.4 is 5.73 Å². The average Bonchev–Trinajstić information content (AvgIpc) is 2.90. The molecule has 4 heteroatoms. The molecule has 0 aliphatic carbocycles. The summed E-state index contributed by atoms with van der Waals surface area (Å²) < 4.78 is 11.0. The Kier molecular flexibility index (Phi) is 7.01. The Morgan fingerprint density at radius 2 is 2.17 bits per heavy atom. The quantitative estimate of drug-likeness (QED) is 0.688. The number of rotatable bonds is 9. The number of hydrogen-bond donors (Lipinski definition) is 1. The second kappa shape index (κ2) is 8.29. The summed E-state index contributed by atoms with van der Waals surface area (Å²) >= 11 is 0. The Labute approximate surface area is 110 Å². The van der Waals surface area contributed by atoms with Crippen molar-refractivity contribution in [3.63, 3.8) is 0 Å². The smallest absolute Gasteiger partial charge is 0.122 e. The summed E-state index contributed by atoms with van der Waals surface area (Å²) in [4.78, 5) is 2.32. The molecule has 1 aromatic heterocycles. The van der Waals surface area contributed by atoms with E-state index in [1.54, 1.807) is 6.26 Å². The predicted octanol–water partition coefficient (Wildman–Crippen LogP) is 2.42. The third-order valence-electron chi connectivity index (χ3n) is 3.24. The molecule has 4 nitrogen and oxygen atoms in total. The van der Waals surface area contributed by atoms with Crippen LogP contribution in [0.1, 0.15) is 39.0 Å². The Bertz CT molecular complexity index is 301. The summed E-state index contributed by atoms with van der Waals surface area (Å²) in [6.07, 6.45) is 2.64. The Morgan fingerprint density at radius 1 is 1.39 bits per heavy atom. The Hall–Kier alpha value is -0.840. The van der Waals surface area contributed by atoms with Crippen molar-refractivity contribution in [1.29, 1.82) is 0 Å². The number of hydrogen-bond acceptors (Lipinski definition) is 4. The van der Waals surface area contributed by atoms with Gasteiger partial charge in [-0.1, -0.05) is 13.8 Å². The third-order valence-corrected chi connectivity index (χ3v) is 3.24. The summed E-state index contributed by atoms with van der Waals surface area (Å²) in [7, 11) is 0. The summed E-state index contributed by atoms with van der Waals surface area (Å²) in [5.41, 5.74) is 6.25. The summed E-state index contributed by atoms with van der Waals surface area (Å²) in [6, 6.07) is 4.14. The van der Waals surface area contributed by atoms with E-state index in [-0.39, 0.29) is 12.1 Å². The first kappa shape index (κ1) is 15.2. The molecule has 0 saturated heterocycles. The van der Waals surface area contributed by atoms with Crippen LogP contribution in [0, 0.1) is 0 Å².